The number of pyridine rings is 1. The molecule has 2 aliphatic heterocycles. The number of carbonyl (C=O) groups is 1. The molecule has 2 fully saturated rings. The monoisotopic (exact) mass is 334 g/mol. The highest BCUT2D eigenvalue weighted by molar-refractivity contribution is 6.32. The Bertz CT molecular complexity index is 747. The number of likely N-dealkylation sites (tertiary alicyclic amines) is 1. The van der Waals surface area contributed by atoms with Crippen molar-refractivity contribution in [1.82, 2.24) is 19.2 Å². The van der Waals surface area contributed by atoms with E-state index in [1.807, 2.05) is 29.3 Å². The molecule has 0 aliphatic carbocycles. The number of piperidine rings is 1. The summed E-state index contributed by atoms with van der Waals surface area (Å²) in [5.74, 6) is -0.0673. The Labute approximate surface area is 139 Å². The molecular formula is C16H19ClN4O2. The van der Waals surface area contributed by atoms with Crippen molar-refractivity contribution >= 4 is 23.2 Å². The molecule has 0 saturated carbocycles. The molecule has 7 heteroatoms. The molecule has 0 bridgehead atoms. The zero-order chi connectivity index (χ0) is 16.0. The molecule has 2 atom stereocenters. The molecule has 0 spiro atoms. The van der Waals surface area contributed by atoms with Crippen LogP contribution in [0.15, 0.2) is 24.4 Å². The standard InChI is InChI=1S/C16H19ClN4O2/c1-19-7-5-12-11(10-19)20(8-9-23-12)16(22)14-15(17)18-13-4-2-3-6-21(13)14/h2-4,6,11-12H,5,7-10H2,1H3/t11-,12-/m0/s1. The van der Waals surface area contributed by atoms with Crippen molar-refractivity contribution in [3.05, 3.63) is 35.2 Å². The van der Waals surface area contributed by atoms with Crippen LogP contribution in [0.25, 0.3) is 5.65 Å². The van der Waals surface area contributed by atoms with Crippen LogP contribution in [0.2, 0.25) is 5.15 Å². The molecule has 2 aromatic rings. The van der Waals surface area contributed by atoms with Gasteiger partial charge in [0.15, 0.2) is 10.8 Å². The first kappa shape index (κ1) is 14.9. The van der Waals surface area contributed by atoms with E-state index in [4.69, 9.17) is 16.3 Å². The van der Waals surface area contributed by atoms with Crippen LogP contribution in [-0.4, -0.2) is 70.5 Å². The summed E-state index contributed by atoms with van der Waals surface area (Å²) in [4.78, 5) is 21.6. The number of rotatable bonds is 1. The minimum atomic E-state index is -0.0673. The number of carbonyl (C=O) groups excluding carboxylic acids is 1. The molecular weight excluding hydrogens is 316 g/mol. The van der Waals surface area contributed by atoms with Crippen molar-refractivity contribution in [1.29, 1.82) is 0 Å². The van der Waals surface area contributed by atoms with Gasteiger partial charge in [0.1, 0.15) is 5.65 Å². The molecule has 4 heterocycles. The van der Waals surface area contributed by atoms with Crippen LogP contribution in [0.5, 0.6) is 0 Å². The number of halogens is 1. The van der Waals surface area contributed by atoms with E-state index < -0.39 is 0 Å². The molecule has 0 aromatic carbocycles. The number of likely N-dealkylation sites (N-methyl/N-ethyl adjacent to an activating group) is 1. The van der Waals surface area contributed by atoms with Gasteiger partial charge < -0.3 is 14.5 Å². The SMILES string of the molecule is CN1CC[C@@H]2OCCN(C(=O)c3c(Cl)nc4ccccn34)[C@H]2C1. The molecule has 2 aromatic heterocycles. The second-order valence-corrected chi connectivity index (χ2v) is 6.56. The Kier molecular flexibility index (Phi) is 3.75. The maximum Gasteiger partial charge on any atom is 0.274 e. The number of imidazole rings is 1. The van der Waals surface area contributed by atoms with Gasteiger partial charge in [-0.05, 0) is 25.6 Å². The fourth-order valence-electron chi connectivity index (χ4n) is 3.58. The molecule has 0 radical (unpaired) electrons. The van der Waals surface area contributed by atoms with Gasteiger partial charge in [-0.15, -0.1) is 0 Å². The van der Waals surface area contributed by atoms with Crippen molar-refractivity contribution < 1.29 is 9.53 Å². The van der Waals surface area contributed by atoms with Crippen LogP contribution in [0, 0.1) is 0 Å². The van der Waals surface area contributed by atoms with Gasteiger partial charge in [0.25, 0.3) is 5.91 Å². The first-order valence-corrected chi connectivity index (χ1v) is 8.26. The molecule has 23 heavy (non-hydrogen) atoms. The summed E-state index contributed by atoms with van der Waals surface area (Å²) in [5.41, 5.74) is 1.13. The van der Waals surface area contributed by atoms with Crippen molar-refractivity contribution in [3.8, 4) is 0 Å². The van der Waals surface area contributed by atoms with Gasteiger partial charge in [-0.1, -0.05) is 17.7 Å². The van der Waals surface area contributed by atoms with Crippen LogP contribution in [0.3, 0.4) is 0 Å². The average Bonchev–Trinajstić information content (AvgIpc) is 2.89. The van der Waals surface area contributed by atoms with Crippen LogP contribution in [-0.2, 0) is 4.74 Å². The van der Waals surface area contributed by atoms with Gasteiger partial charge in [-0.3, -0.25) is 9.20 Å². The summed E-state index contributed by atoms with van der Waals surface area (Å²) in [6, 6.07) is 5.67. The van der Waals surface area contributed by atoms with Crippen molar-refractivity contribution in [2.45, 2.75) is 18.6 Å². The summed E-state index contributed by atoms with van der Waals surface area (Å²) in [6.45, 7) is 2.99. The third-order valence-corrected chi connectivity index (χ3v) is 5.00. The second-order valence-electron chi connectivity index (χ2n) is 6.21. The summed E-state index contributed by atoms with van der Waals surface area (Å²) in [7, 11) is 2.08. The average molecular weight is 335 g/mol. The normalized spacial score (nSPS) is 25.6. The van der Waals surface area contributed by atoms with E-state index in [1.54, 1.807) is 4.40 Å². The Morgan fingerprint density at radius 1 is 1.39 bits per heavy atom. The number of morpholine rings is 1. The number of hydrogen-bond acceptors (Lipinski definition) is 4. The van der Waals surface area contributed by atoms with E-state index in [0.29, 0.717) is 24.5 Å². The quantitative estimate of drug-likeness (QED) is 0.793. The lowest BCUT2D eigenvalue weighted by molar-refractivity contribution is -0.0871. The lowest BCUT2D eigenvalue weighted by atomic mass is 9.99. The van der Waals surface area contributed by atoms with E-state index in [1.165, 1.54) is 0 Å². The van der Waals surface area contributed by atoms with Crippen LogP contribution < -0.4 is 0 Å². The number of fused-ring (bicyclic) bond motifs is 2. The molecule has 6 nitrogen and oxygen atoms in total. The van der Waals surface area contributed by atoms with Crippen molar-refractivity contribution in [2.24, 2.45) is 0 Å². The van der Waals surface area contributed by atoms with E-state index >= 15 is 0 Å². The summed E-state index contributed by atoms with van der Waals surface area (Å²) < 4.78 is 7.64. The highest BCUT2D eigenvalue weighted by atomic mass is 35.5. The van der Waals surface area contributed by atoms with Crippen LogP contribution in [0.4, 0.5) is 0 Å². The predicted octanol–water partition coefficient (Wildman–Crippen LogP) is 1.53. The molecule has 4 rings (SSSR count). The predicted molar refractivity (Wildman–Crippen MR) is 86.9 cm³/mol. The molecule has 1 amide bonds. The highest BCUT2D eigenvalue weighted by Crippen LogP contribution is 2.26. The number of ether oxygens (including phenoxy) is 1. The molecule has 122 valence electrons. The summed E-state index contributed by atoms with van der Waals surface area (Å²) in [5, 5.41) is 0.258. The minimum absolute atomic E-state index is 0.0673. The lowest BCUT2D eigenvalue weighted by Gasteiger charge is -2.46. The maximum atomic E-state index is 13.2. The topological polar surface area (TPSA) is 50.1 Å². The van der Waals surface area contributed by atoms with Gasteiger partial charge in [0, 0.05) is 25.8 Å². The van der Waals surface area contributed by atoms with Gasteiger partial charge in [0.05, 0.1) is 18.8 Å². The Morgan fingerprint density at radius 2 is 2.26 bits per heavy atom. The molecule has 0 N–H and O–H groups in total. The minimum Gasteiger partial charge on any atom is -0.374 e. The number of hydrogen-bond donors (Lipinski definition) is 0. The summed E-state index contributed by atoms with van der Waals surface area (Å²) in [6.07, 6.45) is 2.89. The first-order chi connectivity index (χ1) is 11.1. The van der Waals surface area contributed by atoms with E-state index in [-0.39, 0.29) is 23.2 Å². The summed E-state index contributed by atoms with van der Waals surface area (Å²) >= 11 is 6.26. The lowest BCUT2D eigenvalue weighted by Crippen LogP contribution is -2.60. The fourth-order valence-corrected chi connectivity index (χ4v) is 3.84. The number of aromatic nitrogens is 2. The van der Waals surface area contributed by atoms with Gasteiger partial charge in [-0.2, -0.15) is 0 Å². The van der Waals surface area contributed by atoms with Gasteiger partial charge in [-0.25, -0.2) is 4.98 Å². The number of amides is 1. The Morgan fingerprint density at radius 3 is 3.13 bits per heavy atom. The van der Waals surface area contributed by atoms with E-state index in [0.717, 1.165) is 19.5 Å². The van der Waals surface area contributed by atoms with Gasteiger partial charge in [0.2, 0.25) is 0 Å². The van der Waals surface area contributed by atoms with Crippen LogP contribution in [0.1, 0.15) is 16.9 Å². The highest BCUT2D eigenvalue weighted by Gasteiger charge is 2.39. The zero-order valence-electron chi connectivity index (χ0n) is 13.0. The molecule has 2 aliphatic rings. The zero-order valence-corrected chi connectivity index (χ0v) is 13.7. The van der Waals surface area contributed by atoms with E-state index in [9.17, 15) is 4.79 Å². The third-order valence-electron chi connectivity index (χ3n) is 4.74. The molecule has 2 saturated heterocycles. The second kappa shape index (κ2) is 5.78. The largest absolute Gasteiger partial charge is 0.374 e. The fraction of sp³-hybridized carbons (Fsp3) is 0.500. The van der Waals surface area contributed by atoms with Crippen molar-refractivity contribution in [2.75, 3.05) is 33.3 Å². The van der Waals surface area contributed by atoms with Gasteiger partial charge >= 0.3 is 0 Å². The number of nitrogens with zero attached hydrogens (tertiary/aromatic N) is 4. The third kappa shape index (κ3) is 2.51. The van der Waals surface area contributed by atoms with E-state index in [2.05, 4.69) is 16.9 Å². The smallest absolute Gasteiger partial charge is 0.274 e. The maximum absolute atomic E-state index is 13.2. The Balaban J connectivity index is 1.71. The first-order valence-electron chi connectivity index (χ1n) is 7.89. The van der Waals surface area contributed by atoms with Crippen molar-refractivity contribution in [3.63, 3.8) is 0 Å². The van der Waals surface area contributed by atoms with Crippen LogP contribution >= 0.6 is 11.6 Å². The Hall–Kier alpha value is -1.63. The molecule has 0 unspecified atom stereocenters.